The molecule has 112 valence electrons. The van der Waals surface area contributed by atoms with Gasteiger partial charge in [0.05, 0.1) is 11.4 Å². The molecule has 1 aliphatic rings. The Morgan fingerprint density at radius 1 is 1.50 bits per heavy atom. The molecule has 1 aromatic rings. The fourth-order valence-electron chi connectivity index (χ4n) is 2.37. The molecule has 0 saturated heterocycles. The molecule has 8 heteroatoms. The van der Waals surface area contributed by atoms with Crippen LogP contribution in [-0.2, 0) is 10.0 Å². The van der Waals surface area contributed by atoms with E-state index >= 15 is 0 Å². The molecule has 2 rings (SSSR count). The summed E-state index contributed by atoms with van der Waals surface area (Å²) in [6.45, 7) is 1.55. The van der Waals surface area contributed by atoms with Crippen LogP contribution in [0, 0.1) is 12.8 Å². The lowest BCUT2D eigenvalue weighted by atomic mass is 10.1. The molecule has 0 amide bonds. The first-order valence-electron chi connectivity index (χ1n) is 6.24. The summed E-state index contributed by atoms with van der Waals surface area (Å²) in [5.74, 6) is -3.62. The van der Waals surface area contributed by atoms with Crippen LogP contribution in [-0.4, -0.2) is 25.1 Å². The minimum Gasteiger partial charge on any atom is -0.327 e. The molecule has 1 fully saturated rings. The van der Waals surface area contributed by atoms with Gasteiger partial charge in [-0.2, -0.15) is 0 Å². The third-order valence-corrected chi connectivity index (χ3v) is 4.78. The van der Waals surface area contributed by atoms with Gasteiger partial charge in [-0.15, -0.1) is 0 Å². The van der Waals surface area contributed by atoms with Crippen molar-refractivity contribution >= 4 is 15.7 Å². The highest BCUT2D eigenvalue weighted by Crippen LogP contribution is 2.39. The number of halogens is 2. The maximum atomic E-state index is 13.0. The minimum atomic E-state index is -3.70. The standard InChI is InChI=1S/C12H16F2N2O3S/c1-8-4-10(6-15-11(8)17)16-20(18,19)7-9-2-3-12(13,14)5-9/h4,6,9,16H,2-3,5,7H2,1H3,(H,15,17). The lowest BCUT2D eigenvalue weighted by Crippen LogP contribution is -2.23. The second-order valence-corrected chi connectivity index (χ2v) is 7.02. The molecule has 20 heavy (non-hydrogen) atoms. The van der Waals surface area contributed by atoms with E-state index in [0.29, 0.717) is 5.56 Å². The normalized spacial score (nSPS) is 21.9. The number of nitrogens with one attached hydrogen (secondary N) is 2. The van der Waals surface area contributed by atoms with E-state index in [-0.39, 0.29) is 29.8 Å². The molecule has 2 N–H and O–H groups in total. The van der Waals surface area contributed by atoms with Crippen molar-refractivity contribution < 1.29 is 17.2 Å². The number of sulfonamides is 1. The second-order valence-electron chi connectivity index (χ2n) is 5.25. The highest BCUT2D eigenvalue weighted by Gasteiger charge is 2.40. The van der Waals surface area contributed by atoms with Crippen molar-refractivity contribution in [1.29, 1.82) is 0 Å². The van der Waals surface area contributed by atoms with Crippen molar-refractivity contribution in [2.24, 2.45) is 5.92 Å². The number of hydrogen-bond acceptors (Lipinski definition) is 3. The van der Waals surface area contributed by atoms with Gasteiger partial charge in [0, 0.05) is 24.6 Å². The van der Waals surface area contributed by atoms with Gasteiger partial charge in [-0.1, -0.05) is 0 Å². The number of alkyl halides is 2. The Hall–Kier alpha value is -1.44. The molecule has 1 atom stereocenters. The number of aromatic amines is 1. The summed E-state index contributed by atoms with van der Waals surface area (Å²) in [6, 6.07) is 1.40. The first-order valence-corrected chi connectivity index (χ1v) is 7.90. The van der Waals surface area contributed by atoms with Crippen LogP contribution < -0.4 is 10.3 Å². The maximum absolute atomic E-state index is 13.0. The van der Waals surface area contributed by atoms with Crippen molar-refractivity contribution in [3.63, 3.8) is 0 Å². The van der Waals surface area contributed by atoms with Gasteiger partial charge in [0.2, 0.25) is 15.9 Å². The first-order chi connectivity index (χ1) is 9.17. The lowest BCUT2D eigenvalue weighted by molar-refractivity contribution is 0.00593. The zero-order valence-corrected chi connectivity index (χ0v) is 11.8. The Labute approximate surface area is 115 Å². The third kappa shape index (κ3) is 3.78. The number of anilines is 1. The van der Waals surface area contributed by atoms with Crippen molar-refractivity contribution in [2.75, 3.05) is 10.5 Å². The Bertz CT molecular complexity index is 655. The third-order valence-electron chi connectivity index (χ3n) is 3.32. The van der Waals surface area contributed by atoms with Gasteiger partial charge in [-0.05, 0) is 25.3 Å². The molecule has 0 spiro atoms. The Kier molecular flexibility index (Phi) is 3.86. The van der Waals surface area contributed by atoms with Crippen LogP contribution >= 0.6 is 0 Å². The van der Waals surface area contributed by atoms with Gasteiger partial charge >= 0.3 is 0 Å². The second kappa shape index (κ2) is 5.16. The predicted molar refractivity (Wildman–Crippen MR) is 71.5 cm³/mol. The summed E-state index contributed by atoms with van der Waals surface area (Å²) in [4.78, 5) is 13.6. The molecule has 1 heterocycles. The summed E-state index contributed by atoms with van der Waals surface area (Å²) >= 11 is 0. The maximum Gasteiger partial charge on any atom is 0.250 e. The summed E-state index contributed by atoms with van der Waals surface area (Å²) < 4.78 is 52.2. The van der Waals surface area contributed by atoms with Crippen LogP contribution in [0.3, 0.4) is 0 Å². The number of aromatic nitrogens is 1. The molecule has 0 radical (unpaired) electrons. The highest BCUT2D eigenvalue weighted by atomic mass is 32.2. The summed E-state index contributed by atoms with van der Waals surface area (Å²) in [5, 5.41) is 0. The fraction of sp³-hybridized carbons (Fsp3) is 0.583. The van der Waals surface area contributed by atoms with Crippen LogP contribution in [0.2, 0.25) is 0 Å². The van der Waals surface area contributed by atoms with Gasteiger partial charge in [-0.25, -0.2) is 17.2 Å². The number of aryl methyl sites for hydroxylation is 1. The summed E-state index contributed by atoms with van der Waals surface area (Å²) in [6.07, 6.45) is 0.804. The number of hydrogen-bond donors (Lipinski definition) is 2. The smallest absolute Gasteiger partial charge is 0.250 e. The van der Waals surface area contributed by atoms with Gasteiger partial charge in [-0.3, -0.25) is 9.52 Å². The average molecular weight is 306 g/mol. The van der Waals surface area contributed by atoms with Crippen molar-refractivity contribution in [2.45, 2.75) is 32.1 Å². The van der Waals surface area contributed by atoms with E-state index in [4.69, 9.17) is 0 Å². The first kappa shape index (κ1) is 15.0. The number of pyridine rings is 1. The van der Waals surface area contributed by atoms with Crippen LogP contribution in [0.1, 0.15) is 24.8 Å². The van der Waals surface area contributed by atoms with E-state index in [0.717, 1.165) is 0 Å². The van der Waals surface area contributed by atoms with E-state index in [2.05, 4.69) is 9.71 Å². The molecule has 5 nitrogen and oxygen atoms in total. The Balaban J connectivity index is 2.04. The number of rotatable bonds is 4. The van der Waals surface area contributed by atoms with E-state index < -0.39 is 28.3 Å². The minimum absolute atomic E-state index is 0.207. The van der Waals surface area contributed by atoms with Gasteiger partial charge in [0.15, 0.2) is 0 Å². The molecular formula is C12H16F2N2O3S. The molecule has 0 bridgehead atoms. The van der Waals surface area contributed by atoms with Crippen LogP contribution in [0.25, 0.3) is 0 Å². The molecule has 1 unspecified atom stereocenters. The van der Waals surface area contributed by atoms with Gasteiger partial charge in [0.25, 0.3) is 5.56 Å². The average Bonchev–Trinajstić information content (AvgIpc) is 2.62. The molecule has 0 aliphatic heterocycles. The fourth-order valence-corrected chi connectivity index (χ4v) is 3.84. The molecule has 1 aliphatic carbocycles. The highest BCUT2D eigenvalue weighted by molar-refractivity contribution is 7.92. The van der Waals surface area contributed by atoms with Crippen LogP contribution in [0.5, 0.6) is 0 Å². The van der Waals surface area contributed by atoms with E-state index in [1.165, 1.54) is 12.3 Å². The largest absolute Gasteiger partial charge is 0.327 e. The summed E-state index contributed by atoms with van der Waals surface area (Å²) in [7, 11) is -3.70. The Morgan fingerprint density at radius 3 is 2.75 bits per heavy atom. The zero-order valence-electron chi connectivity index (χ0n) is 10.9. The van der Waals surface area contributed by atoms with Crippen molar-refractivity contribution in [3.05, 3.63) is 28.2 Å². The molecular weight excluding hydrogens is 290 g/mol. The van der Waals surface area contributed by atoms with Crippen LogP contribution in [0.15, 0.2) is 17.1 Å². The molecule has 0 aromatic carbocycles. The Morgan fingerprint density at radius 2 is 2.20 bits per heavy atom. The number of H-pyrrole nitrogens is 1. The topological polar surface area (TPSA) is 79.0 Å². The predicted octanol–water partition coefficient (Wildman–Crippen LogP) is 1.86. The monoisotopic (exact) mass is 306 g/mol. The molecule has 1 aromatic heterocycles. The van der Waals surface area contributed by atoms with E-state index in [1.54, 1.807) is 6.92 Å². The summed E-state index contributed by atoms with van der Waals surface area (Å²) in [5.41, 5.74) is 0.299. The van der Waals surface area contributed by atoms with Crippen molar-refractivity contribution in [1.82, 2.24) is 4.98 Å². The van der Waals surface area contributed by atoms with E-state index in [9.17, 15) is 22.0 Å². The molecule has 1 saturated carbocycles. The van der Waals surface area contributed by atoms with Gasteiger partial charge in [0.1, 0.15) is 0 Å². The SMILES string of the molecule is Cc1cc(NS(=O)(=O)CC2CCC(F)(F)C2)c[nH]c1=O. The van der Waals surface area contributed by atoms with E-state index in [1.807, 2.05) is 0 Å². The van der Waals surface area contributed by atoms with Gasteiger partial charge < -0.3 is 4.98 Å². The lowest BCUT2D eigenvalue weighted by Gasteiger charge is -2.13. The zero-order chi connectivity index (χ0) is 15.0. The quantitative estimate of drug-likeness (QED) is 0.891. The van der Waals surface area contributed by atoms with Crippen LogP contribution in [0.4, 0.5) is 14.5 Å². The van der Waals surface area contributed by atoms with Crippen molar-refractivity contribution in [3.8, 4) is 0 Å².